The third-order valence-electron chi connectivity index (χ3n) is 5.43. The van der Waals surface area contributed by atoms with Crippen LogP contribution in [0, 0.1) is 5.92 Å². The Kier molecular flexibility index (Phi) is 5.90. The van der Waals surface area contributed by atoms with Crippen molar-refractivity contribution < 1.29 is 24.1 Å². The van der Waals surface area contributed by atoms with Crippen LogP contribution >= 0.6 is 0 Å². The molecule has 1 aliphatic heterocycles. The summed E-state index contributed by atoms with van der Waals surface area (Å²) in [5.41, 5.74) is 2.09. The number of carbonyl (C=O) groups excluding carboxylic acids is 1. The molecular formula is C22H25NO5. The SMILES string of the molecule is O=C1N[C@@H]2[C@@H](OCc3ccccc3)[C@H](OCc3ccccc3)[C@@H](CO)C[C@@H]2O1. The molecule has 1 saturated carbocycles. The van der Waals surface area contributed by atoms with Crippen molar-refractivity contribution in [1.82, 2.24) is 5.32 Å². The predicted molar refractivity (Wildman–Crippen MR) is 102 cm³/mol. The van der Waals surface area contributed by atoms with E-state index in [9.17, 15) is 9.90 Å². The lowest BCUT2D eigenvalue weighted by Gasteiger charge is -2.42. The van der Waals surface area contributed by atoms with Crippen LogP contribution in [0.3, 0.4) is 0 Å². The summed E-state index contributed by atoms with van der Waals surface area (Å²) in [6.45, 7) is 0.763. The zero-order valence-corrected chi connectivity index (χ0v) is 15.6. The van der Waals surface area contributed by atoms with E-state index in [1.54, 1.807) is 0 Å². The summed E-state index contributed by atoms with van der Waals surface area (Å²) in [5.74, 6) is -0.168. The highest BCUT2D eigenvalue weighted by atomic mass is 16.6. The van der Waals surface area contributed by atoms with Crippen LogP contribution < -0.4 is 5.32 Å². The van der Waals surface area contributed by atoms with Crippen molar-refractivity contribution in [3.8, 4) is 0 Å². The van der Waals surface area contributed by atoms with Crippen molar-refractivity contribution in [2.75, 3.05) is 6.61 Å². The van der Waals surface area contributed by atoms with Gasteiger partial charge < -0.3 is 24.6 Å². The van der Waals surface area contributed by atoms with Gasteiger partial charge in [0.15, 0.2) is 0 Å². The number of hydrogen-bond donors (Lipinski definition) is 2. The topological polar surface area (TPSA) is 77.0 Å². The van der Waals surface area contributed by atoms with E-state index in [0.717, 1.165) is 11.1 Å². The maximum absolute atomic E-state index is 11.8. The zero-order valence-electron chi connectivity index (χ0n) is 15.6. The molecule has 1 saturated heterocycles. The van der Waals surface area contributed by atoms with Gasteiger partial charge in [0.25, 0.3) is 0 Å². The highest BCUT2D eigenvalue weighted by Gasteiger charge is 2.51. The number of aliphatic hydroxyl groups is 1. The molecule has 0 spiro atoms. The average Bonchev–Trinajstić information content (AvgIpc) is 3.11. The quantitative estimate of drug-likeness (QED) is 0.769. The number of ether oxygens (including phenoxy) is 3. The molecule has 0 aromatic heterocycles. The Morgan fingerprint density at radius 2 is 1.50 bits per heavy atom. The summed E-state index contributed by atoms with van der Waals surface area (Å²) >= 11 is 0. The fraction of sp³-hybridized carbons (Fsp3) is 0.409. The molecule has 2 fully saturated rings. The summed E-state index contributed by atoms with van der Waals surface area (Å²) in [7, 11) is 0. The number of amides is 1. The average molecular weight is 383 g/mol. The van der Waals surface area contributed by atoms with Gasteiger partial charge in [0.05, 0.1) is 25.4 Å². The molecule has 2 N–H and O–H groups in total. The first kappa shape index (κ1) is 18.9. The van der Waals surface area contributed by atoms with Gasteiger partial charge in [-0.1, -0.05) is 60.7 Å². The molecule has 1 amide bonds. The first-order valence-corrected chi connectivity index (χ1v) is 9.63. The van der Waals surface area contributed by atoms with Crippen LogP contribution in [0.4, 0.5) is 4.79 Å². The molecule has 4 rings (SSSR count). The van der Waals surface area contributed by atoms with Crippen LogP contribution in [-0.4, -0.2) is 42.2 Å². The van der Waals surface area contributed by atoms with Crippen LogP contribution in [-0.2, 0) is 27.4 Å². The van der Waals surface area contributed by atoms with Gasteiger partial charge in [-0.15, -0.1) is 0 Å². The number of nitrogens with one attached hydrogen (secondary N) is 1. The maximum atomic E-state index is 11.8. The largest absolute Gasteiger partial charge is 0.444 e. The minimum absolute atomic E-state index is 0.0502. The Morgan fingerprint density at radius 1 is 0.929 bits per heavy atom. The van der Waals surface area contributed by atoms with Gasteiger partial charge in [0.2, 0.25) is 0 Å². The molecule has 28 heavy (non-hydrogen) atoms. The molecule has 5 atom stereocenters. The Morgan fingerprint density at radius 3 is 2.07 bits per heavy atom. The summed E-state index contributed by atoms with van der Waals surface area (Å²) in [4.78, 5) is 11.8. The van der Waals surface area contributed by atoms with Gasteiger partial charge in [-0.25, -0.2) is 4.79 Å². The predicted octanol–water partition coefficient (Wildman–Crippen LogP) is 2.65. The first-order valence-electron chi connectivity index (χ1n) is 9.63. The number of alkyl carbamates (subject to hydrolysis) is 1. The fourth-order valence-electron chi connectivity index (χ4n) is 4.01. The van der Waals surface area contributed by atoms with E-state index in [1.165, 1.54) is 0 Å². The normalized spacial score (nSPS) is 29.0. The van der Waals surface area contributed by atoms with Gasteiger partial charge in [-0.3, -0.25) is 0 Å². The van der Waals surface area contributed by atoms with Crippen molar-refractivity contribution in [2.45, 2.75) is 44.0 Å². The maximum Gasteiger partial charge on any atom is 0.407 e. The van der Waals surface area contributed by atoms with Crippen LogP contribution in [0.5, 0.6) is 0 Å². The lowest BCUT2D eigenvalue weighted by molar-refractivity contribution is -0.158. The highest BCUT2D eigenvalue weighted by Crippen LogP contribution is 2.35. The third kappa shape index (κ3) is 4.19. The molecule has 1 heterocycles. The second kappa shape index (κ2) is 8.73. The van der Waals surface area contributed by atoms with Gasteiger partial charge in [-0.05, 0) is 17.5 Å². The number of benzene rings is 2. The lowest BCUT2D eigenvalue weighted by Crippen LogP contribution is -2.58. The monoisotopic (exact) mass is 383 g/mol. The molecule has 2 aliphatic rings. The van der Waals surface area contributed by atoms with E-state index in [0.29, 0.717) is 19.6 Å². The van der Waals surface area contributed by atoms with E-state index in [4.69, 9.17) is 14.2 Å². The van der Waals surface area contributed by atoms with Gasteiger partial charge in [-0.2, -0.15) is 0 Å². The molecule has 2 aromatic carbocycles. The van der Waals surface area contributed by atoms with E-state index in [1.807, 2.05) is 60.7 Å². The standard InChI is InChI=1S/C22H25NO5/c24-12-17-11-18-19(23-22(25)28-18)21(27-14-16-9-5-2-6-10-16)20(17)26-13-15-7-3-1-4-8-15/h1-10,17-21,24H,11-14H2,(H,23,25)/t17-,18+,19+,20-,21-/m1/s1. The summed E-state index contributed by atoms with van der Waals surface area (Å²) < 4.78 is 17.9. The van der Waals surface area contributed by atoms with Crippen LogP contribution in [0.1, 0.15) is 17.5 Å². The van der Waals surface area contributed by atoms with Crippen LogP contribution in [0.2, 0.25) is 0 Å². The van der Waals surface area contributed by atoms with E-state index in [-0.39, 0.29) is 30.8 Å². The third-order valence-corrected chi connectivity index (χ3v) is 5.43. The van der Waals surface area contributed by atoms with Crippen molar-refractivity contribution >= 4 is 6.09 Å². The number of hydrogen-bond acceptors (Lipinski definition) is 5. The van der Waals surface area contributed by atoms with E-state index >= 15 is 0 Å². The fourth-order valence-corrected chi connectivity index (χ4v) is 4.01. The minimum atomic E-state index is -0.441. The van der Waals surface area contributed by atoms with Gasteiger partial charge in [0.1, 0.15) is 12.2 Å². The Balaban J connectivity index is 1.52. The molecule has 0 unspecified atom stereocenters. The summed E-state index contributed by atoms with van der Waals surface area (Å²) in [6, 6.07) is 19.5. The molecule has 2 aromatic rings. The molecule has 1 aliphatic carbocycles. The number of carbonyl (C=O) groups is 1. The van der Waals surface area contributed by atoms with Gasteiger partial charge >= 0.3 is 6.09 Å². The van der Waals surface area contributed by atoms with Crippen molar-refractivity contribution in [1.29, 1.82) is 0 Å². The minimum Gasteiger partial charge on any atom is -0.444 e. The zero-order chi connectivity index (χ0) is 19.3. The van der Waals surface area contributed by atoms with E-state index in [2.05, 4.69) is 5.32 Å². The summed E-state index contributed by atoms with van der Waals surface area (Å²) in [6.07, 6.45) is -0.973. The van der Waals surface area contributed by atoms with E-state index < -0.39 is 12.2 Å². The second-order valence-corrected chi connectivity index (χ2v) is 7.31. The molecule has 6 heteroatoms. The van der Waals surface area contributed by atoms with Crippen molar-refractivity contribution in [3.63, 3.8) is 0 Å². The lowest BCUT2D eigenvalue weighted by atomic mass is 9.79. The number of rotatable bonds is 7. The van der Waals surface area contributed by atoms with Crippen molar-refractivity contribution in [2.24, 2.45) is 5.92 Å². The Bertz CT molecular complexity index is 769. The molecule has 6 nitrogen and oxygen atoms in total. The van der Waals surface area contributed by atoms with Gasteiger partial charge in [0, 0.05) is 12.5 Å². The number of fused-ring (bicyclic) bond motifs is 1. The van der Waals surface area contributed by atoms with Crippen molar-refractivity contribution in [3.05, 3.63) is 71.8 Å². The van der Waals surface area contributed by atoms with Crippen LogP contribution in [0.15, 0.2) is 60.7 Å². The second-order valence-electron chi connectivity index (χ2n) is 7.31. The first-order chi connectivity index (χ1) is 13.7. The highest BCUT2D eigenvalue weighted by molar-refractivity contribution is 5.70. The Labute approximate surface area is 164 Å². The molecular weight excluding hydrogens is 358 g/mol. The van der Waals surface area contributed by atoms with Crippen LogP contribution in [0.25, 0.3) is 0 Å². The molecule has 0 bridgehead atoms. The molecule has 0 radical (unpaired) electrons. The summed E-state index contributed by atoms with van der Waals surface area (Å²) in [5, 5.41) is 12.8. The Hall–Kier alpha value is -2.41. The number of aliphatic hydroxyl groups excluding tert-OH is 1. The molecule has 148 valence electrons. The smallest absolute Gasteiger partial charge is 0.407 e.